The molecule has 0 aromatic heterocycles. The molecule has 1 amide bonds. The molecule has 0 saturated carbocycles. The Kier molecular flexibility index (Phi) is 5.25. The van der Waals surface area contributed by atoms with Gasteiger partial charge in [0.1, 0.15) is 0 Å². The van der Waals surface area contributed by atoms with E-state index in [9.17, 15) is 9.59 Å². The van der Waals surface area contributed by atoms with Crippen LogP contribution in [0.5, 0.6) is 0 Å². The third-order valence-corrected chi connectivity index (χ3v) is 3.04. The zero-order valence-electron chi connectivity index (χ0n) is 11.0. The Bertz CT molecular complexity index is 547. The zero-order chi connectivity index (χ0) is 14.6. The van der Waals surface area contributed by atoms with E-state index in [2.05, 4.69) is 21.2 Å². The van der Waals surface area contributed by atoms with Crippen molar-refractivity contribution in [1.82, 2.24) is 5.32 Å². The van der Waals surface area contributed by atoms with Gasteiger partial charge in [0.2, 0.25) is 5.91 Å². The molecule has 0 spiro atoms. The maximum absolute atomic E-state index is 12.3. The van der Waals surface area contributed by atoms with Crippen LogP contribution in [-0.4, -0.2) is 17.7 Å². The van der Waals surface area contributed by atoms with E-state index >= 15 is 0 Å². The molecule has 0 aliphatic heterocycles. The van der Waals surface area contributed by atoms with Crippen molar-refractivity contribution in [2.24, 2.45) is 5.92 Å². The summed E-state index contributed by atoms with van der Waals surface area (Å²) in [5.74, 6) is -2.34. The van der Waals surface area contributed by atoms with Gasteiger partial charge < -0.3 is 5.32 Å². The summed E-state index contributed by atoms with van der Waals surface area (Å²) in [5, 5.41) is 11.6. The molecule has 100 valence electrons. The summed E-state index contributed by atoms with van der Waals surface area (Å²) >= 11 is 3.28. The van der Waals surface area contributed by atoms with Crippen molar-refractivity contribution in [3.05, 3.63) is 33.8 Å². The molecule has 19 heavy (non-hydrogen) atoms. The Morgan fingerprint density at radius 2 is 2.00 bits per heavy atom. The third kappa shape index (κ3) is 3.90. The quantitative estimate of drug-likeness (QED) is 0.684. The Balaban J connectivity index is 3.06. The smallest absolute Gasteiger partial charge is 0.245 e. The van der Waals surface area contributed by atoms with E-state index in [4.69, 9.17) is 5.26 Å². The molecule has 4 nitrogen and oxygen atoms in total. The summed E-state index contributed by atoms with van der Waals surface area (Å²) in [4.78, 5) is 24.1. The average molecular weight is 323 g/mol. The van der Waals surface area contributed by atoms with E-state index in [1.54, 1.807) is 39.0 Å². The first-order chi connectivity index (χ1) is 8.86. The van der Waals surface area contributed by atoms with E-state index in [1.807, 2.05) is 6.07 Å². The van der Waals surface area contributed by atoms with Gasteiger partial charge in [0.15, 0.2) is 11.7 Å². The van der Waals surface area contributed by atoms with E-state index in [0.29, 0.717) is 5.56 Å². The Morgan fingerprint density at radius 3 is 2.53 bits per heavy atom. The molecule has 0 saturated heterocycles. The summed E-state index contributed by atoms with van der Waals surface area (Å²) in [5.41, 5.74) is 1.13. The van der Waals surface area contributed by atoms with Crippen LogP contribution in [0.2, 0.25) is 0 Å². The van der Waals surface area contributed by atoms with E-state index in [1.165, 1.54) is 0 Å². The molecule has 0 unspecified atom stereocenters. The number of hydrogen-bond acceptors (Lipinski definition) is 3. The van der Waals surface area contributed by atoms with Gasteiger partial charge in [-0.15, -0.1) is 0 Å². The second-order valence-electron chi connectivity index (χ2n) is 4.55. The summed E-state index contributed by atoms with van der Waals surface area (Å²) in [6, 6.07) is 6.87. The maximum atomic E-state index is 12.3. The predicted octanol–water partition coefficient (Wildman–Crippen LogP) is 2.60. The van der Waals surface area contributed by atoms with Crippen LogP contribution in [0.15, 0.2) is 22.7 Å². The maximum Gasteiger partial charge on any atom is 0.245 e. The molecule has 1 aromatic rings. The molecule has 1 N–H and O–H groups in total. The van der Waals surface area contributed by atoms with Crippen molar-refractivity contribution in [3.8, 4) is 6.07 Å². The van der Waals surface area contributed by atoms with Crippen LogP contribution in [0.25, 0.3) is 0 Å². The molecule has 5 heteroatoms. The number of Topliss-reactive ketones (excluding diaryl/α,β-unsaturated/α-hetero) is 1. The van der Waals surface area contributed by atoms with Gasteiger partial charge >= 0.3 is 0 Å². The third-order valence-electron chi connectivity index (χ3n) is 2.55. The van der Waals surface area contributed by atoms with Gasteiger partial charge in [0.25, 0.3) is 0 Å². The number of aryl methyl sites for hydroxylation is 1. The number of halogens is 1. The minimum absolute atomic E-state index is 0.111. The van der Waals surface area contributed by atoms with Crippen molar-refractivity contribution in [3.63, 3.8) is 0 Å². The van der Waals surface area contributed by atoms with Crippen LogP contribution < -0.4 is 5.32 Å². The second-order valence-corrected chi connectivity index (χ2v) is 5.46. The summed E-state index contributed by atoms with van der Waals surface area (Å²) in [6.07, 6.45) is 0. The Morgan fingerprint density at radius 1 is 1.37 bits per heavy atom. The fourth-order valence-electron chi connectivity index (χ4n) is 1.62. The number of amides is 1. The summed E-state index contributed by atoms with van der Waals surface area (Å²) in [6.45, 7) is 5.33. The highest BCUT2D eigenvalue weighted by molar-refractivity contribution is 9.10. The minimum Gasteiger partial charge on any atom is -0.352 e. The van der Waals surface area contributed by atoms with Crippen LogP contribution in [0.4, 0.5) is 0 Å². The molecule has 0 heterocycles. The predicted molar refractivity (Wildman–Crippen MR) is 75.6 cm³/mol. The molecular weight excluding hydrogens is 308 g/mol. The van der Waals surface area contributed by atoms with Crippen molar-refractivity contribution in [2.45, 2.75) is 26.8 Å². The topological polar surface area (TPSA) is 70.0 Å². The SMILES string of the molecule is Cc1ccc(Br)cc1C(=O)[C@H](C#N)C(=O)NC(C)C. The van der Waals surface area contributed by atoms with Crippen molar-refractivity contribution in [2.75, 3.05) is 0 Å². The molecule has 0 aliphatic carbocycles. The van der Waals surface area contributed by atoms with E-state index in [-0.39, 0.29) is 6.04 Å². The number of rotatable bonds is 4. The molecule has 1 rings (SSSR count). The van der Waals surface area contributed by atoms with Gasteiger partial charge in [-0.3, -0.25) is 9.59 Å². The van der Waals surface area contributed by atoms with Crippen molar-refractivity contribution < 1.29 is 9.59 Å². The van der Waals surface area contributed by atoms with Gasteiger partial charge in [-0.05, 0) is 38.5 Å². The lowest BCUT2D eigenvalue weighted by molar-refractivity contribution is -0.122. The minimum atomic E-state index is -1.31. The summed E-state index contributed by atoms with van der Waals surface area (Å²) < 4.78 is 0.738. The monoisotopic (exact) mass is 322 g/mol. The van der Waals surface area contributed by atoms with E-state index < -0.39 is 17.6 Å². The van der Waals surface area contributed by atoms with E-state index in [0.717, 1.165) is 10.0 Å². The number of nitrogens with one attached hydrogen (secondary N) is 1. The highest BCUT2D eigenvalue weighted by Crippen LogP contribution is 2.19. The van der Waals surface area contributed by atoms with Gasteiger partial charge in [-0.2, -0.15) is 5.26 Å². The number of carbonyl (C=O) groups excluding carboxylic acids is 2. The van der Waals surface area contributed by atoms with Crippen LogP contribution in [-0.2, 0) is 4.79 Å². The lowest BCUT2D eigenvalue weighted by Crippen LogP contribution is -2.38. The first-order valence-electron chi connectivity index (χ1n) is 5.87. The second kappa shape index (κ2) is 6.48. The number of carbonyl (C=O) groups is 2. The molecule has 1 aromatic carbocycles. The van der Waals surface area contributed by atoms with Crippen LogP contribution in [0, 0.1) is 24.2 Å². The number of nitriles is 1. The van der Waals surface area contributed by atoms with Gasteiger partial charge in [0.05, 0.1) is 6.07 Å². The molecule has 0 fully saturated rings. The lowest BCUT2D eigenvalue weighted by Gasteiger charge is -2.13. The lowest BCUT2D eigenvalue weighted by atomic mass is 9.94. The molecule has 0 aliphatic rings. The zero-order valence-corrected chi connectivity index (χ0v) is 12.6. The van der Waals surface area contributed by atoms with Gasteiger partial charge in [-0.1, -0.05) is 22.0 Å². The highest BCUT2D eigenvalue weighted by atomic mass is 79.9. The van der Waals surface area contributed by atoms with Gasteiger partial charge in [0, 0.05) is 16.1 Å². The highest BCUT2D eigenvalue weighted by Gasteiger charge is 2.28. The largest absolute Gasteiger partial charge is 0.352 e. The molecule has 0 bridgehead atoms. The fourth-order valence-corrected chi connectivity index (χ4v) is 1.98. The first kappa shape index (κ1) is 15.4. The molecule has 1 atom stereocenters. The Hall–Kier alpha value is -1.67. The average Bonchev–Trinajstić information content (AvgIpc) is 2.32. The number of hydrogen-bond donors (Lipinski definition) is 1. The number of nitrogens with zero attached hydrogens (tertiary/aromatic N) is 1. The van der Waals surface area contributed by atoms with Gasteiger partial charge in [-0.25, -0.2) is 0 Å². The molecular formula is C14H15BrN2O2. The number of ketones is 1. The fraction of sp³-hybridized carbons (Fsp3) is 0.357. The standard InChI is InChI=1S/C14H15BrN2O2/c1-8(2)17-14(19)12(7-16)13(18)11-6-10(15)5-4-9(11)3/h4-6,8,12H,1-3H3,(H,17,19)/t12-/m0/s1. The Labute approximate surface area is 120 Å². The van der Waals surface area contributed by atoms with Crippen LogP contribution in [0.1, 0.15) is 29.8 Å². The normalized spacial score (nSPS) is 11.8. The van der Waals surface area contributed by atoms with Crippen LogP contribution >= 0.6 is 15.9 Å². The van der Waals surface area contributed by atoms with Crippen molar-refractivity contribution in [1.29, 1.82) is 5.26 Å². The van der Waals surface area contributed by atoms with Crippen LogP contribution in [0.3, 0.4) is 0 Å². The van der Waals surface area contributed by atoms with Crippen molar-refractivity contribution >= 4 is 27.6 Å². The first-order valence-corrected chi connectivity index (χ1v) is 6.66. The molecule has 0 radical (unpaired) electrons. The summed E-state index contributed by atoms with van der Waals surface area (Å²) in [7, 11) is 0. The number of benzene rings is 1.